The molecule has 0 amide bonds. The molecule has 1 aromatic heterocycles. The lowest BCUT2D eigenvalue weighted by Gasteiger charge is -2.08. The van der Waals surface area contributed by atoms with Crippen molar-refractivity contribution in [3.05, 3.63) is 33.2 Å². The van der Waals surface area contributed by atoms with E-state index in [1.54, 1.807) is 6.07 Å². The number of hydrogen-bond acceptors (Lipinski definition) is 4. The van der Waals surface area contributed by atoms with Gasteiger partial charge in [-0.15, -0.1) is 0 Å². The SMILES string of the molecule is CCC(=NOC)c1cc(C#N)c(=O)[nH]c1CC. The molecule has 5 nitrogen and oxygen atoms in total. The minimum Gasteiger partial charge on any atom is -0.399 e. The molecule has 0 fully saturated rings. The summed E-state index contributed by atoms with van der Waals surface area (Å²) in [6.45, 7) is 3.87. The van der Waals surface area contributed by atoms with E-state index >= 15 is 0 Å². The van der Waals surface area contributed by atoms with Crippen LogP contribution in [0.5, 0.6) is 0 Å². The second-order valence-electron chi connectivity index (χ2n) is 3.44. The van der Waals surface area contributed by atoms with E-state index in [0.717, 1.165) is 17.0 Å². The number of pyridine rings is 1. The number of aromatic amines is 1. The summed E-state index contributed by atoms with van der Waals surface area (Å²) in [6, 6.07) is 3.44. The van der Waals surface area contributed by atoms with Crippen LogP contribution in [0.4, 0.5) is 0 Å². The van der Waals surface area contributed by atoms with Gasteiger partial charge in [0, 0.05) is 11.3 Å². The molecule has 0 spiro atoms. The average molecular weight is 233 g/mol. The molecule has 0 aliphatic rings. The molecule has 0 bridgehead atoms. The first-order chi connectivity index (χ1) is 8.17. The van der Waals surface area contributed by atoms with Crippen molar-refractivity contribution in [1.82, 2.24) is 4.98 Å². The molecule has 0 radical (unpaired) electrons. The first-order valence-corrected chi connectivity index (χ1v) is 5.44. The van der Waals surface area contributed by atoms with Gasteiger partial charge in [-0.05, 0) is 18.9 Å². The fourth-order valence-electron chi connectivity index (χ4n) is 1.60. The summed E-state index contributed by atoms with van der Waals surface area (Å²) >= 11 is 0. The van der Waals surface area contributed by atoms with Gasteiger partial charge >= 0.3 is 0 Å². The van der Waals surface area contributed by atoms with Gasteiger partial charge in [-0.2, -0.15) is 5.26 Å². The molecular formula is C12H15N3O2. The van der Waals surface area contributed by atoms with Crippen molar-refractivity contribution in [3.63, 3.8) is 0 Å². The molecule has 1 rings (SSSR count). The third kappa shape index (κ3) is 2.72. The predicted molar refractivity (Wildman–Crippen MR) is 65.0 cm³/mol. The first kappa shape index (κ1) is 13.0. The van der Waals surface area contributed by atoms with Crippen molar-refractivity contribution in [2.45, 2.75) is 26.7 Å². The van der Waals surface area contributed by atoms with Crippen molar-refractivity contribution >= 4 is 5.71 Å². The zero-order valence-electron chi connectivity index (χ0n) is 10.2. The molecule has 0 saturated heterocycles. The standard InChI is InChI=1S/C12H15N3O2/c1-4-10-9(11(5-2)15-17-3)6-8(7-13)12(16)14-10/h6H,4-5H2,1-3H3,(H,14,16). The fraction of sp³-hybridized carbons (Fsp3) is 0.417. The minimum absolute atomic E-state index is 0.0921. The van der Waals surface area contributed by atoms with Crippen LogP contribution in [0.15, 0.2) is 16.0 Å². The fourth-order valence-corrected chi connectivity index (χ4v) is 1.60. The van der Waals surface area contributed by atoms with Crippen LogP contribution in [0.2, 0.25) is 0 Å². The maximum Gasteiger partial charge on any atom is 0.266 e. The Kier molecular flexibility index (Phi) is 4.46. The van der Waals surface area contributed by atoms with Gasteiger partial charge in [-0.3, -0.25) is 4.79 Å². The summed E-state index contributed by atoms with van der Waals surface area (Å²) in [7, 11) is 1.47. The number of H-pyrrole nitrogens is 1. The van der Waals surface area contributed by atoms with Crippen LogP contribution in [-0.2, 0) is 11.3 Å². The van der Waals surface area contributed by atoms with Crippen molar-refractivity contribution in [3.8, 4) is 6.07 Å². The average Bonchev–Trinajstić information content (AvgIpc) is 2.35. The molecule has 0 unspecified atom stereocenters. The van der Waals surface area contributed by atoms with E-state index in [0.29, 0.717) is 12.8 Å². The van der Waals surface area contributed by atoms with E-state index in [-0.39, 0.29) is 11.1 Å². The van der Waals surface area contributed by atoms with Crippen molar-refractivity contribution in [2.75, 3.05) is 7.11 Å². The second-order valence-corrected chi connectivity index (χ2v) is 3.44. The van der Waals surface area contributed by atoms with Crippen LogP contribution < -0.4 is 5.56 Å². The van der Waals surface area contributed by atoms with E-state index in [4.69, 9.17) is 10.1 Å². The van der Waals surface area contributed by atoms with Gasteiger partial charge in [0.05, 0.1) is 5.71 Å². The van der Waals surface area contributed by atoms with Gasteiger partial charge in [-0.25, -0.2) is 0 Å². The van der Waals surface area contributed by atoms with E-state index in [1.165, 1.54) is 7.11 Å². The summed E-state index contributed by atoms with van der Waals surface area (Å²) in [5.41, 5.74) is 1.99. The third-order valence-electron chi connectivity index (χ3n) is 2.44. The van der Waals surface area contributed by atoms with Crippen molar-refractivity contribution in [1.29, 1.82) is 5.26 Å². The lowest BCUT2D eigenvalue weighted by atomic mass is 10.0. The lowest BCUT2D eigenvalue weighted by molar-refractivity contribution is 0.213. The number of aromatic nitrogens is 1. The summed E-state index contributed by atoms with van der Waals surface area (Å²) in [6.07, 6.45) is 1.33. The summed E-state index contributed by atoms with van der Waals surface area (Å²) in [4.78, 5) is 19.0. The summed E-state index contributed by atoms with van der Waals surface area (Å²) in [5.74, 6) is 0. The largest absolute Gasteiger partial charge is 0.399 e. The molecule has 1 aromatic rings. The van der Waals surface area contributed by atoms with Crippen LogP contribution in [0.1, 0.15) is 37.1 Å². The Morgan fingerprint density at radius 1 is 1.59 bits per heavy atom. The van der Waals surface area contributed by atoms with E-state index in [1.807, 2.05) is 19.9 Å². The molecule has 90 valence electrons. The van der Waals surface area contributed by atoms with Gasteiger partial charge in [0.15, 0.2) is 0 Å². The van der Waals surface area contributed by atoms with Crippen molar-refractivity contribution in [2.24, 2.45) is 5.16 Å². The van der Waals surface area contributed by atoms with Crippen molar-refractivity contribution < 1.29 is 4.84 Å². The highest BCUT2D eigenvalue weighted by Gasteiger charge is 2.12. The lowest BCUT2D eigenvalue weighted by Crippen LogP contribution is -2.17. The molecule has 17 heavy (non-hydrogen) atoms. The van der Waals surface area contributed by atoms with E-state index < -0.39 is 0 Å². The number of nitriles is 1. The maximum atomic E-state index is 11.5. The molecule has 0 aliphatic carbocycles. The molecule has 0 aliphatic heterocycles. The Labute approximate surface area is 99.7 Å². The predicted octanol–water partition coefficient (Wildman–Crippen LogP) is 1.57. The highest BCUT2D eigenvalue weighted by molar-refractivity contribution is 6.01. The third-order valence-corrected chi connectivity index (χ3v) is 2.44. The molecule has 0 aromatic carbocycles. The highest BCUT2D eigenvalue weighted by atomic mass is 16.6. The molecule has 0 atom stereocenters. The van der Waals surface area contributed by atoms with Crippen LogP contribution in [-0.4, -0.2) is 17.8 Å². The quantitative estimate of drug-likeness (QED) is 0.633. The topological polar surface area (TPSA) is 78.2 Å². The smallest absolute Gasteiger partial charge is 0.266 e. The number of aryl methyl sites for hydroxylation is 1. The molecule has 5 heteroatoms. The molecule has 0 saturated carbocycles. The minimum atomic E-state index is -0.360. The van der Waals surface area contributed by atoms with Crippen LogP contribution in [0, 0.1) is 11.3 Å². The number of hydrogen-bond donors (Lipinski definition) is 1. The van der Waals surface area contributed by atoms with Gasteiger partial charge in [0.1, 0.15) is 18.7 Å². The second kappa shape index (κ2) is 5.85. The van der Waals surface area contributed by atoms with Gasteiger partial charge in [0.2, 0.25) is 0 Å². The Hall–Kier alpha value is -2.09. The monoisotopic (exact) mass is 233 g/mol. The Morgan fingerprint density at radius 2 is 2.29 bits per heavy atom. The van der Waals surface area contributed by atoms with Crippen LogP contribution in [0.3, 0.4) is 0 Å². The van der Waals surface area contributed by atoms with E-state index in [9.17, 15) is 4.79 Å². The normalized spacial score (nSPS) is 11.1. The maximum absolute atomic E-state index is 11.5. The highest BCUT2D eigenvalue weighted by Crippen LogP contribution is 2.11. The number of rotatable bonds is 4. The molecule has 1 N–H and O–H groups in total. The van der Waals surface area contributed by atoms with Gasteiger partial charge in [-0.1, -0.05) is 19.0 Å². The number of oxime groups is 1. The zero-order chi connectivity index (χ0) is 12.8. The van der Waals surface area contributed by atoms with Crippen LogP contribution in [0.25, 0.3) is 0 Å². The Bertz CT molecular complexity index is 524. The van der Waals surface area contributed by atoms with E-state index in [2.05, 4.69) is 10.1 Å². The number of nitrogens with zero attached hydrogens (tertiary/aromatic N) is 2. The molecular weight excluding hydrogens is 218 g/mol. The molecule has 1 heterocycles. The van der Waals surface area contributed by atoms with Gasteiger partial charge < -0.3 is 9.82 Å². The summed E-state index contributed by atoms with van der Waals surface area (Å²) in [5, 5.41) is 12.8. The zero-order valence-corrected chi connectivity index (χ0v) is 10.2. The number of nitrogens with one attached hydrogen (secondary N) is 1. The summed E-state index contributed by atoms with van der Waals surface area (Å²) < 4.78 is 0. The first-order valence-electron chi connectivity index (χ1n) is 5.44. The van der Waals surface area contributed by atoms with Gasteiger partial charge in [0.25, 0.3) is 5.56 Å². The Balaban J connectivity index is 3.46. The Morgan fingerprint density at radius 3 is 2.76 bits per heavy atom. The van der Waals surface area contributed by atoms with Crippen LogP contribution >= 0.6 is 0 Å².